The maximum absolute atomic E-state index is 12.1. The van der Waals surface area contributed by atoms with Crippen molar-refractivity contribution in [2.75, 3.05) is 0 Å². The first-order valence-corrected chi connectivity index (χ1v) is 7.24. The maximum Gasteiger partial charge on any atom is 0.335 e. The molecule has 2 rings (SSSR count). The van der Waals surface area contributed by atoms with E-state index >= 15 is 0 Å². The van der Waals surface area contributed by atoms with Crippen LogP contribution in [0.4, 0.5) is 0 Å². The Morgan fingerprint density at radius 1 is 1.05 bits per heavy atom. The highest BCUT2D eigenvalue weighted by molar-refractivity contribution is 5.83. The number of esters is 2. The van der Waals surface area contributed by atoms with Crippen LogP contribution in [0.1, 0.15) is 32.6 Å². The van der Waals surface area contributed by atoms with E-state index in [9.17, 15) is 9.59 Å². The Morgan fingerprint density at radius 3 is 2.10 bits per heavy atom. The largest absolute Gasteiger partial charge is 0.426 e. The Labute approximate surface area is 124 Å². The molecule has 4 nitrogen and oxygen atoms in total. The van der Waals surface area contributed by atoms with Gasteiger partial charge < -0.3 is 9.47 Å². The zero-order valence-electron chi connectivity index (χ0n) is 12.2. The van der Waals surface area contributed by atoms with Gasteiger partial charge in [0.05, 0.1) is 5.92 Å². The minimum absolute atomic E-state index is 0.000491. The van der Waals surface area contributed by atoms with Gasteiger partial charge >= 0.3 is 11.9 Å². The van der Waals surface area contributed by atoms with Crippen LogP contribution in [-0.2, 0) is 9.59 Å². The summed E-state index contributed by atoms with van der Waals surface area (Å²) in [6.45, 7) is 5.54. The molecule has 0 N–H and O–H groups in total. The lowest BCUT2D eigenvalue weighted by atomic mass is 9.83. The molecule has 1 aliphatic rings. The zero-order chi connectivity index (χ0) is 15.2. The number of rotatable bonds is 4. The molecule has 0 bridgehead atoms. The standard InChI is InChI=1S/C17H20O4/c1-3-16(18)20-14-8-10-15(11-9-14)21-17(19)13-6-4-12(2)5-7-13/h3,8-13H,1,4-7H2,2H3. The normalized spacial score (nSPS) is 21.4. The van der Waals surface area contributed by atoms with Crippen LogP contribution in [0.2, 0.25) is 0 Å². The van der Waals surface area contributed by atoms with Crippen molar-refractivity contribution in [1.29, 1.82) is 0 Å². The molecule has 112 valence electrons. The molecule has 0 radical (unpaired) electrons. The second-order valence-corrected chi connectivity index (χ2v) is 5.47. The first kappa shape index (κ1) is 15.3. The SMILES string of the molecule is C=CC(=O)Oc1ccc(OC(=O)C2CCC(C)CC2)cc1. The molecule has 0 aromatic heterocycles. The Hall–Kier alpha value is -2.10. The van der Waals surface area contributed by atoms with E-state index < -0.39 is 5.97 Å². The van der Waals surface area contributed by atoms with E-state index in [-0.39, 0.29) is 11.9 Å². The molecule has 0 unspecified atom stereocenters. The number of hydrogen-bond donors (Lipinski definition) is 0. The summed E-state index contributed by atoms with van der Waals surface area (Å²) >= 11 is 0. The molecule has 1 aliphatic carbocycles. The van der Waals surface area contributed by atoms with Crippen molar-refractivity contribution in [3.63, 3.8) is 0 Å². The summed E-state index contributed by atoms with van der Waals surface area (Å²) in [4.78, 5) is 23.1. The van der Waals surface area contributed by atoms with Crippen LogP contribution in [0.25, 0.3) is 0 Å². The molecular weight excluding hydrogens is 268 g/mol. The van der Waals surface area contributed by atoms with Crippen LogP contribution in [-0.4, -0.2) is 11.9 Å². The smallest absolute Gasteiger partial charge is 0.335 e. The quantitative estimate of drug-likeness (QED) is 0.483. The second-order valence-electron chi connectivity index (χ2n) is 5.47. The van der Waals surface area contributed by atoms with Gasteiger partial charge in [0.1, 0.15) is 11.5 Å². The first-order chi connectivity index (χ1) is 10.1. The van der Waals surface area contributed by atoms with Gasteiger partial charge in [0.25, 0.3) is 0 Å². The molecular formula is C17H20O4. The van der Waals surface area contributed by atoms with Gasteiger partial charge in [-0.25, -0.2) is 4.79 Å². The Balaban J connectivity index is 1.89. The molecule has 1 saturated carbocycles. The minimum Gasteiger partial charge on any atom is -0.426 e. The van der Waals surface area contributed by atoms with Crippen LogP contribution in [0, 0.1) is 11.8 Å². The fraction of sp³-hybridized carbons (Fsp3) is 0.412. The summed E-state index contributed by atoms with van der Waals surface area (Å²) in [5.41, 5.74) is 0. The third-order valence-corrected chi connectivity index (χ3v) is 3.78. The van der Waals surface area contributed by atoms with Crippen LogP contribution in [0.3, 0.4) is 0 Å². The fourth-order valence-electron chi connectivity index (χ4n) is 2.43. The van der Waals surface area contributed by atoms with Crippen molar-refractivity contribution in [2.24, 2.45) is 11.8 Å². The Bertz CT molecular complexity index is 510. The monoisotopic (exact) mass is 288 g/mol. The van der Waals surface area contributed by atoms with Crippen molar-refractivity contribution in [2.45, 2.75) is 32.6 Å². The fourth-order valence-corrected chi connectivity index (χ4v) is 2.43. The van der Waals surface area contributed by atoms with Gasteiger partial charge in [-0.05, 0) is 55.9 Å². The highest BCUT2D eigenvalue weighted by Gasteiger charge is 2.25. The van der Waals surface area contributed by atoms with Gasteiger partial charge in [0.2, 0.25) is 0 Å². The summed E-state index contributed by atoms with van der Waals surface area (Å²) < 4.78 is 10.3. The number of benzene rings is 1. The molecule has 0 saturated heterocycles. The van der Waals surface area contributed by atoms with Gasteiger partial charge in [-0.3, -0.25) is 4.79 Å². The average Bonchev–Trinajstić information content (AvgIpc) is 2.49. The van der Waals surface area contributed by atoms with Gasteiger partial charge in [0, 0.05) is 6.08 Å². The number of carbonyl (C=O) groups excluding carboxylic acids is 2. The van der Waals surface area contributed by atoms with E-state index in [1.165, 1.54) is 0 Å². The first-order valence-electron chi connectivity index (χ1n) is 7.24. The molecule has 1 aromatic rings. The summed E-state index contributed by atoms with van der Waals surface area (Å²) in [6.07, 6.45) is 5.05. The van der Waals surface area contributed by atoms with E-state index in [1.54, 1.807) is 24.3 Å². The van der Waals surface area contributed by atoms with Crippen LogP contribution in [0.15, 0.2) is 36.9 Å². The summed E-state index contributed by atoms with van der Waals surface area (Å²) in [5.74, 6) is 0.879. The van der Waals surface area contributed by atoms with Crippen molar-refractivity contribution in [3.8, 4) is 11.5 Å². The van der Waals surface area contributed by atoms with Crippen LogP contribution < -0.4 is 9.47 Å². The topological polar surface area (TPSA) is 52.6 Å². The van der Waals surface area contributed by atoms with Crippen molar-refractivity contribution >= 4 is 11.9 Å². The lowest BCUT2D eigenvalue weighted by Gasteiger charge is -2.24. The van der Waals surface area contributed by atoms with Crippen molar-refractivity contribution < 1.29 is 19.1 Å². The molecule has 1 fully saturated rings. The Kier molecular flexibility index (Phi) is 5.14. The number of carbonyl (C=O) groups is 2. The molecule has 21 heavy (non-hydrogen) atoms. The summed E-state index contributed by atoms with van der Waals surface area (Å²) in [5, 5.41) is 0. The molecule has 4 heteroatoms. The van der Waals surface area contributed by atoms with Crippen LogP contribution in [0.5, 0.6) is 11.5 Å². The van der Waals surface area contributed by atoms with E-state index in [0.717, 1.165) is 31.8 Å². The molecule has 0 spiro atoms. The maximum atomic E-state index is 12.1. The van der Waals surface area contributed by atoms with Gasteiger partial charge in [-0.15, -0.1) is 0 Å². The van der Waals surface area contributed by atoms with Crippen molar-refractivity contribution in [3.05, 3.63) is 36.9 Å². The van der Waals surface area contributed by atoms with E-state index in [1.807, 2.05) is 0 Å². The third kappa shape index (κ3) is 4.45. The predicted molar refractivity (Wildman–Crippen MR) is 79.0 cm³/mol. The lowest BCUT2D eigenvalue weighted by molar-refractivity contribution is -0.140. The predicted octanol–water partition coefficient (Wildman–Crippen LogP) is 3.51. The highest BCUT2D eigenvalue weighted by atomic mass is 16.5. The van der Waals surface area contributed by atoms with Gasteiger partial charge in [-0.2, -0.15) is 0 Å². The molecule has 0 aliphatic heterocycles. The van der Waals surface area contributed by atoms with E-state index in [4.69, 9.17) is 9.47 Å². The highest BCUT2D eigenvalue weighted by Crippen LogP contribution is 2.29. The number of hydrogen-bond acceptors (Lipinski definition) is 4. The lowest BCUT2D eigenvalue weighted by Crippen LogP contribution is -2.24. The second kappa shape index (κ2) is 7.07. The van der Waals surface area contributed by atoms with Gasteiger partial charge in [-0.1, -0.05) is 13.5 Å². The van der Waals surface area contributed by atoms with Crippen LogP contribution >= 0.6 is 0 Å². The average molecular weight is 288 g/mol. The minimum atomic E-state index is -0.518. The molecule has 1 aromatic carbocycles. The summed E-state index contributed by atoms with van der Waals surface area (Å²) in [6, 6.07) is 6.42. The van der Waals surface area contributed by atoms with E-state index in [0.29, 0.717) is 17.4 Å². The van der Waals surface area contributed by atoms with E-state index in [2.05, 4.69) is 13.5 Å². The Morgan fingerprint density at radius 2 is 1.57 bits per heavy atom. The third-order valence-electron chi connectivity index (χ3n) is 3.78. The zero-order valence-corrected chi connectivity index (χ0v) is 12.2. The van der Waals surface area contributed by atoms with Gasteiger partial charge in [0.15, 0.2) is 0 Å². The summed E-state index contributed by atoms with van der Waals surface area (Å²) in [7, 11) is 0. The molecule has 0 atom stereocenters. The number of ether oxygens (including phenoxy) is 2. The van der Waals surface area contributed by atoms with Crippen molar-refractivity contribution in [1.82, 2.24) is 0 Å². The molecule has 0 amide bonds. The molecule has 0 heterocycles.